The molecule has 1 aliphatic carbocycles. The molecule has 1 amide bonds. The predicted molar refractivity (Wildman–Crippen MR) is 92.6 cm³/mol. The SMILES string of the molecule is NCC1(NC(=O)c2ccc(N3CCCCCC3)nc2)CCCC1. The average Bonchev–Trinajstić information content (AvgIpc) is 2.88. The van der Waals surface area contributed by atoms with E-state index in [9.17, 15) is 4.79 Å². The topological polar surface area (TPSA) is 71.2 Å². The van der Waals surface area contributed by atoms with Crippen molar-refractivity contribution in [1.82, 2.24) is 10.3 Å². The molecular formula is C18H28N4O. The summed E-state index contributed by atoms with van der Waals surface area (Å²) in [5.74, 6) is 0.935. The monoisotopic (exact) mass is 316 g/mol. The van der Waals surface area contributed by atoms with Gasteiger partial charge in [0.1, 0.15) is 5.82 Å². The van der Waals surface area contributed by atoms with Crippen LogP contribution in [0.4, 0.5) is 5.82 Å². The van der Waals surface area contributed by atoms with Crippen LogP contribution in [0.2, 0.25) is 0 Å². The first-order chi connectivity index (χ1) is 11.2. The number of aromatic nitrogens is 1. The van der Waals surface area contributed by atoms with Crippen LogP contribution in [-0.2, 0) is 0 Å². The normalized spacial score (nSPS) is 21.0. The lowest BCUT2D eigenvalue weighted by Crippen LogP contribution is -2.51. The maximum atomic E-state index is 12.5. The number of nitrogens with zero attached hydrogens (tertiary/aromatic N) is 2. The minimum Gasteiger partial charge on any atom is -0.357 e. The van der Waals surface area contributed by atoms with Crippen molar-refractivity contribution in [2.24, 2.45) is 5.73 Å². The van der Waals surface area contributed by atoms with E-state index in [1.165, 1.54) is 25.7 Å². The Hall–Kier alpha value is -1.62. The van der Waals surface area contributed by atoms with Crippen molar-refractivity contribution in [3.63, 3.8) is 0 Å². The molecule has 0 radical (unpaired) electrons. The van der Waals surface area contributed by atoms with E-state index in [0.29, 0.717) is 12.1 Å². The van der Waals surface area contributed by atoms with Crippen LogP contribution in [0.25, 0.3) is 0 Å². The van der Waals surface area contributed by atoms with Gasteiger partial charge < -0.3 is 16.0 Å². The minimum atomic E-state index is -0.208. The second kappa shape index (κ2) is 7.30. The summed E-state index contributed by atoms with van der Waals surface area (Å²) in [5.41, 5.74) is 6.31. The number of anilines is 1. The zero-order chi connectivity index (χ0) is 16.1. The second-order valence-corrected chi connectivity index (χ2v) is 6.95. The summed E-state index contributed by atoms with van der Waals surface area (Å²) in [7, 11) is 0. The van der Waals surface area contributed by atoms with Gasteiger partial charge >= 0.3 is 0 Å². The number of nitrogens with two attached hydrogens (primary N) is 1. The molecule has 2 fully saturated rings. The molecule has 5 nitrogen and oxygen atoms in total. The van der Waals surface area contributed by atoms with E-state index in [0.717, 1.165) is 44.6 Å². The van der Waals surface area contributed by atoms with Crippen molar-refractivity contribution in [2.75, 3.05) is 24.5 Å². The highest BCUT2D eigenvalue weighted by molar-refractivity contribution is 5.94. The lowest BCUT2D eigenvalue weighted by Gasteiger charge is -2.28. The zero-order valence-corrected chi connectivity index (χ0v) is 13.9. The Morgan fingerprint density at radius 1 is 1.13 bits per heavy atom. The van der Waals surface area contributed by atoms with E-state index >= 15 is 0 Å². The smallest absolute Gasteiger partial charge is 0.253 e. The zero-order valence-electron chi connectivity index (χ0n) is 13.9. The molecule has 0 spiro atoms. The highest BCUT2D eigenvalue weighted by atomic mass is 16.1. The third-order valence-electron chi connectivity index (χ3n) is 5.27. The first-order valence-electron chi connectivity index (χ1n) is 8.96. The Kier molecular flexibility index (Phi) is 5.16. The molecule has 1 saturated carbocycles. The third-order valence-corrected chi connectivity index (χ3v) is 5.27. The van der Waals surface area contributed by atoms with Crippen LogP contribution >= 0.6 is 0 Å². The van der Waals surface area contributed by atoms with Crippen LogP contribution in [0.15, 0.2) is 18.3 Å². The summed E-state index contributed by atoms with van der Waals surface area (Å²) < 4.78 is 0. The van der Waals surface area contributed by atoms with Crippen LogP contribution in [0.5, 0.6) is 0 Å². The highest BCUT2D eigenvalue weighted by Gasteiger charge is 2.34. The highest BCUT2D eigenvalue weighted by Crippen LogP contribution is 2.29. The van der Waals surface area contributed by atoms with E-state index in [1.54, 1.807) is 6.20 Å². The Bertz CT molecular complexity index is 514. The average molecular weight is 316 g/mol. The summed E-state index contributed by atoms with van der Waals surface area (Å²) >= 11 is 0. The van der Waals surface area contributed by atoms with Crippen LogP contribution in [0, 0.1) is 0 Å². The van der Waals surface area contributed by atoms with Gasteiger partial charge in [-0.2, -0.15) is 0 Å². The van der Waals surface area contributed by atoms with Crippen LogP contribution in [-0.4, -0.2) is 36.1 Å². The van der Waals surface area contributed by atoms with Gasteiger partial charge in [0, 0.05) is 25.8 Å². The van der Waals surface area contributed by atoms with Gasteiger partial charge in [0.05, 0.1) is 11.1 Å². The maximum absolute atomic E-state index is 12.5. The molecule has 0 atom stereocenters. The van der Waals surface area contributed by atoms with Gasteiger partial charge in [-0.15, -0.1) is 0 Å². The van der Waals surface area contributed by atoms with E-state index in [4.69, 9.17) is 5.73 Å². The van der Waals surface area contributed by atoms with E-state index in [2.05, 4.69) is 15.2 Å². The molecule has 2 heterocycles. The lowest BCUT2D eigenvalue weighted by molar-refractivity contribution is 0.0903. The number of carbonyl (C=O) groups is 1. The third kappa shape index (κ3) is 3.83. The first kappa shape index (κ1) is 16.2. The molecule has 1 aromatic rings. The molecule has 1 aromatic heterocycles. The van der Waals surface area contributed by atoms with Gasteiger partial charge in [-0.1, -0.05) is 25.7 Å². The van der Waals surface area contributed by atoms with Gasteiger partial charge in [-0.3, -0.25) is 4.79 Å². The standard InChI is InChI=1S/C18H28N4O/c19-14-18(9-3-4-10-18)21-17(23)15-7-8-16(20-13-15)22-11-5-1-2-6-12-22/h7-8,13H,1-6,9-12,14,19H2,(H,21,23). The Balaban J connectivity index is 1.65. The number of hydrogen-bond acceptors (Lipinski definition) is 4. The van der Waals surface area contributed by atoms with Crippen molar-refractivity contribution in [3.8, 4) is 0 Å². The van der Waals surface area contributed by atoms with E-state index in [-0.39, 0.29) is 11.4 Å². The molecule has 3 rings (SSSR count). The maximum Gasteiger partial charge on any atom is 0.253 e. The number of carbonyl (C=O) groups excluding carboxylic acids is 1. The quantitative estimate of drug-likeness (QED) is 0.895. The van der Waals surface area contributed by atoms with Crippen molar-refractivity contribution in [1.29, 1.82) is 0 Å². The minimum absolute atomic E-state index is 0.0488. The molecule has 23 heavy (non-hydrogen) atoms. The molecule has 1 saturated heterocycles. The Labute approximate surface area is 138 Å². The molecule has 5 heteroatoms. The number of pyridine rings is 1. The van der Waals surface area contributed by atoms with Crippen LogP contribution in [0.3, 0.4) is 0 Å². The lowest BCUT2D eigenvalue weighted by atomic mass is 9.97. The molecule has 126 valence electrons. The summed E-state index contributed by atoms with van der Waals surface area (Å²) in [5, 5.41) is 3.15. The summed E-state index contributed by atoms with van der Waals surface area (Å²) in [4.78, 5) is 19.3. The molecule has 1 aliphatic heterocycles. The summed E-state index contributed by atoms with van der Waals surface area (Å²) in [6.07, 6.45) is 11.0. The van der Waals surface area contributed by atoms with Crippen molar-refractivity contribution >= 4 is 11.7 Å². The van der Waals surface area contributed by atoms with Gasteiger partial charge in [0.15, 0.2) is 0 Å². The number of hydrogen-bond donors (Lipinski definition) is 2. The fourth-order valence-corrected chi connectivity index (χ4v) is 3.75. The van der Waals surface area contributed by atoms with Gasteiger partial charge in [0.2, 0.25) is 0 Å². The van der Waals surface area contributed by atoms with Gasteiger partial charge in [0.25, 0.3) is 5.91 Å². The second-order valence-electron chi connectivity index (χ2n) is 6.95. The Morgan fingerprint density at radius 2 is 1.83 bits per heavy atom. The molecule has 0 bridgehead atoms. The molecule has 0 unspecified atom stereocenters. The van der Waals surface area contributed by atoms with Crippen molar-refractivity contribution in [2.45, 2.75) is 56.9 Å². The molecule has 2 aliphatic rings. The fourth-order valence-electron chi connectivity index (χ4n) is 3.75. The van der Waals surface area contributed by atoms with Crippen LogP contribution < -0.4 is 16.0 Å². The number of rotatable bonds is 4. The number of nitrogens with one attached hydrogen (secondary N) is 1. The summed E-state index contributed by atoms with van der Waals surface area (Å²) in [6.45, 7) is 2.64. The van der Waals surface area contributed by atoms with Gasteiger partial charge in [-0.25, -0.2) is 4.98 Å². The fraction of sp³-hybridized carbons (Fsp3) is 0.667. The van der Waals surface area contributed by atoms with Crippen molar-refractivity contribution in [3.05, 3.63) is 23.9 Å². The van der Waals surface area contributed by atoms with E-state index in [1.807, 2.05) is 12.1 Å². The van der Waals surface area contributed by atoms with Crippen molar-refractivity contribution < 1.29 is 4.79 Å². The number of amides is 1. The molecular weight excluding hydrogens is 288 g/mol. The Morgan fingerprint density at radius 3 is 2.39 bits per heavy atom. The predicted octanol–water partition coefficient (Wildman–Crippen LogP) is 2.46. The summed E-state index contributed by atoms with van der Waals surface area (Å²) in [6, 6.07) is 3.87. The largest absolute Gasteiger partial charge is 0.357 e. The van der Waals surface area contributed by atoms with Gasteiger partial charge in [-0.05, 0) is 37.8 Å². The first-order valence-corrected chi connectivity index (χ1v) is 8.96. The molecule has 3 N–H and O–H groups in total. The van der Waals surface area contributed by atoms with E-state index < -0.39 is 0 Å². The van der Waals surface area contributed by atoms with Crippen LogP contribution in [0.1, 0.15) is 61.7 Å². The molecule has 0 aromatic carbocycles.